The summed E-state index contributed by atoms with van der Waals surface area (Å²) in [5, 5.41) is 7.91. The van der Waals surface area contributed by atoms with Crippen LogP contribution in [0.15, 0.2) is 29.2 Å². The van der Waals surface area contributed by atoms with Crippen LogP contribution in [0.25, 0.3) is 0 Å². The summed E-state index contributed by atoms with van der Waals surface area (Å²) in [4.78, 5) is 36.6. The van der Waals surface area contributed by atoms with E-state index in [1.54, 1.807) is 0 Å². The number of carbonyl (C=O) groups excluding carboxylic acids is 3. The zero-order valence-electron chi connectivity index (χ0n) is 13.9. The van der Waals surface area contributed by atoms with E-state index in [0.717, 1.165) is 17.0 Å². The minimum absolute atomic E-state index is 0.0802. The summed E-state index contributed by atoms with van der Waals surface area (Å²) < 4.78 is 0. The molecule has 0 unspecified atom stereocenters. The molecule has 0 radical (unpaired) electrons. The van der Waals surface area contributed by atoms with Gasteiger partial charge in [0.05, 0.1) is 10.9 Å². The average Bonchev–Trinajstić information content (AvgIpc) is 2.55. The second-order valence-corrected chi connectivity index (χ2v) is 7.02. The van der Waals surface area contributed by atoms with E-state index in [2.05, 4.69) is 16.0 Å². The van der Waals surface area contributed by atoms with Gasteiger partial charge in [-0.2, -0.15) is 0 Å². The first kappa shape index (κ1) is 18.3. The fraction of sp³-hybridized carbons (Fsp3) is 0.471. The van der Waals surface area contributed by atoms with Gasteiger partial charge < -0.3 is 16.0 Å². The molecule has 1 heterocycles. The summed E-state index contributed by atoms with van der Waals surface area (Å²) in [6.07, 6.45) is 1.20. The van der Waals surface area contributed by atoms with Crippen LogP contribution in [0.4, 0.5) is 5.69 Å². The Labute approximate surface area is 146 Å². The maximum absolute atomic E-state index is 12.1. The summed E-state index contributed by atoms with van der Waals surface area (Å²) in [6.45, 7) is 4.21. The molecule has 0 bridgehead atoms. The van der Waals surface area contributed by atoms with Crippen molar-refractivity contribution >= 4 is 35.2 Å². The van der Waals surface area contributed by atoms with E-state index in [1.807, 2.05) is 38.1 Å². The first-order valence-electron chi connectivity index (χ1n) is 8.12. The standard InChI is InChI=1S/C17H23N3O3S/c1-3-11(2)19-15(21)8-9-18-16(22)10-14-17(23)20-12-6-4-5-7-13(12)24-14/h4-7,11,14H,3,8-10H2,1-2H3,(H,18,22)(H,19,21)(H,20,23)/t11-,14+/m0/s1. The summed E-state index contributed by atoms with van der Waals surface area (Å²) in [7, 11) is 0. The average molecular weight is 349 g/mol. The highest BCUT2D eigenvalue weighted by Crippen LogP contribution is 2.36. The highest BCUT2D eigenvalue weighted by atomic mass is 32.2. The van der Waals surface area contributed by atoms with Gasteiger partial charge in [-0.05, 0) is 25.5 Å². The van der Waals surface area contributed by atoms with Gasteiger partial charge in [-0.3, -0.25) is 14.4 Å². The third kappa shape index (κ3) is 5.26. The summed E-state index contributed by atoms with van der Waals surface area (Å²) in [5.74, 6) is -0.468. The Hall–Kier alpha value is -2.02. The van der Waals surface area contributed by atoms with Crippen molar-refractivity contribution in [3.05, 3.63) is 24.3 Å². The second kappa shape index (κ2) is 8.73. The molecule has 0 aliphatic carbocycles. The van der Waals surface area contributed by atoms with E-state index < -0.39 is 5.25 Å². The molecule has 1 aliphatic rings. The molecule has 0 saturated heterocycles. The lowest BCUT2D eigenvalue weighted by molar-refractivity contribution is -0.124. The van der Waals surface area contributed by atoms with Crippen LogP contribution in [0, 0.1) is 0 Å². The van der Waals surface area contributed by atoms with Gasteiger partial charge in [0.25, 0.3) is 0 Å². The lowest BCUT2D eigenvalue weighted by Gasteiger charge is -2.23. The van der Waals surface area contributed by atoms with E-state index in [-0.39, 0.29) is 43.1 Å². The van der Waals surface area contributed by atoms with Gasteiger partial charge in [0.15, 0.2) is 0 Å². The van der Waals surface area contributed by atoms with Crippen molar-refractivity contribution < 1.29 is 14.4 Å². The van der Waals surface area contributed by atoms with Crippen molar-refractivity contribution in [3.63, 3.8) is 0 Å². The zero-order chi connectivity index (χ0) is 17.5. The van der Waals surface area contributed by atoms with Crippen LogP contribution in [-0.2, 0) is 14.4 Å². The molecule has 3 N–H and O–H groups in total. The van der Waals surface area contributed by atoms with E-state index >= 15 is 0 Å². The maximum Gasteiger partial charge on any atom is 0.238 e. The molecule has 0 aromatic heterocycles. The summed E-state index contributed by atoms with van der Waals surface area (Å²) in [6, 6.07) is 7.65. The minimum Gasteiger partial charge on any atom is -0.356 e. The summed E-state index contributed by atoms with van der Waals surface area (Å²) >= 11 is 1.39. The van der Waals surface area contributed by atoms with Gasteiger partial charge in [-0.1, -0.05) is 19.1 Å². The number of hydrogen-bond acceptors (Lipinski definition) is 4. The van der Waals surface area contributed by atoms with Crippen LogP contribution >= 0.6 is 11.8 Å². The number of hydrogen-bond donors (Lipinski definition) is 3. The van der Waals surface area contributed by atoms with Crippen molar-refractivity contribution in [2.75, 3.05) is 11.9 Å². The number of para-hydroxylation sites is 1. The summed E-state index contributed by atoms with van der Waals surface area (Å²) in [5.41, 5.74) is 0.783. The molecule has 7 heteroatoms. The van der Waals surface area contributed by atoms with Crippen LogP contribution in [0.3, 0.4) is 0 Å². The monoisotopic (exact) mass is 349 g/mol. The Bertz CT molecular complexity index is 621. The number of nitrogens with one attached hydrogen (secondary N) is 3. The Morgan fingerprint density at radius 1 is 1.29 bits per heavy atom. The number of carbonyl (C=O) groups is 3. The van der Waals surface area contributed by atoms with Crippen LogP contribution in [-0.4, -0.2) is 35.6 Å². The highest BCUT2D eigenvalue weighted by molar-refractivity contribution is 8.01. The fourth-order valence-electron chi connectivity index (χ4n) is 2.23. The van der Waals surface area contributed by atoms with Crippen molar-refractivity contribution in [1.29, 1.82) is 0 Å². The first-order valence-corrected chi connectivity index (χ1v) is 9.00. The third-order valence-electron chi connectivity index (χ3n) is 3.77. The lowest BCUT2D eigenvalue weighted by Crippen LogP contribution is -2.37. The molecule has 1 aromatic carbocycles. The predicted octanol–water partition coefficient (Wildman–Crippen LogP) is 1.91. The minimum atomic E-state index is -0.450. The molecule has 2 atom stereocenters. The molecular weight excluding hydrogens is 326 g/mol. The number of thioether (sulfide) groups is 1. The SMILES string of the molecule is CC[C@H](C)NC(=O)CCNC(=O)C[C@H]1Sc2ccccc2NC1=O. The van der Waals surface area contributed by atoms with E-state index in [4.69, 9.17) is 0 Å². The quantitative estimate of drug-likeness (QED) is 0.702. The molecule has 130 valence electrons. The molecule has 0 spiro atoms. The van der Waals surface area contributed by atoms with E-state index in [9.17, 15) is 14.4 Å². The number of fused-ring (bicyclic) bond motifs is 1. The smallest absolute Gasteiger partial charge is 0.238 e. The Kier molecular flexibility index (Phi) is 6.66. The van der Waals surface area contributed by atoms with Gasteiger partial charge in [-0.25, -0.2) is 0 Å². The number of rotatable bonds is 7. The van der Waals surface area contributed by atoms with Crippen molar-refractivity contribution in [2.45, 2.75) is 49.3 Å². The Balaban J connectivity index is 1.75. The van der Waals surface area contributed by atoms with Crippen molar-refractivity contribution in [3.8, 4) is 0 Å². The maximum atomic E-state index is 12.1. The number of benzene rings is 1. The number of anilines is 1. The fourth-order valence-corrected chi connectivity index (χ4v) is 3.34. The molecule has 1 aliphatic heterocycles. The van der Waals surface area contributed by atoms with Gasteiger partial charge in [0.1, 0.15) is 0 Å². The van der Waals surface area contributed by atoms with Gasteiger partial charge >= 0.3 is 0 Å². The molecule has 0 saturated carbocycles. The van der Waals surface area contributed by atoms with Gasteiger partial charge in [-0.15, -0.1) is 11.8 Å². The normalized spacial score (nSPS) is 17.4. The molecule has 2 rings (SSSR count). The van der Waals surface area contributed by atoms with E-state index in [0.29, 0.717) is 0 Å². The number of amides is 3. The zero-order valence-corrected chi connectivity index (χ0v) is 14.7. The van der Waals surface area contributed by atoms with Crippen molar-refractivity contribution in [2.24, 2.45) is 0 Å². The Morgan fingerprint density at radius 2 is 2.04 bits per heavy atom. The lowest BCUT2D eigenvalue weighted by atomic mass is 10.2. The topological polar surface area (TPSA) is 87.3 Å². The van der Waals surface area contributed by atoms with E-state index in [1.165, 1.54) is 11.8 Å². The molecule has 24 heavy (non-hydrogen) atoms. The highest BCUT2D eigenvalue weighted by Gasteiger charge is 2.28. The first-order chi connectivity index (χ1) is 11.5. The predicted molar refractivity (Wildman–Crippen MR) is 94.9 cm³/mol. The van der Waals surface area contributed by atoms with Crippen LogP contribution in [0.5, 0.6) is 0 Å². The molecule has 1 aromatic rings. The van der Waals surface area contributed by atoms with Gasteiger partial charge in [0.2, 0.25) is 17.7 Å². The third-order valence-corrected chi connectivity index (χ3v) is 5.05. The molecule has 3 amide bonds. The molecule has 6 nitrogen and oxygen atoms in total. The van der Waals surface area contributed by atoms with Crippen LogP contribution in [0.1, 0.15) is 33.1 Å². The van der Waals surface area contributed by atoms with Crippen molar-refractivity contribution in [1.82, 2.24) is 10.6 Å². The second-order valence-electron chi connectivity index (χ2n) is 5.77. The Morgan fingerprint density at radius 3 is 2.79 bits per heavy atom. The molecular formula is C17H23N3O3S. The largest absolute Gasteiger partial charge is 0.356 e. The molecule has 0 fully saturated rings. The van der Waals surface area contributed by atoms with Crippen LogP contribution in [0.2, 0.25) is 0 Å². The van der Waals surface area contributed by atoms with Crippen LogP contribution < -0.4 is 16.0 Å². The van der Waals surface area contributed by atoms with Gasteiger partial charge in [0, 0.05) is 30.3 Å².